The number of fused-ring (bicyclic) bond motifs is 1. The maximum Gasteiger partial charge on any atom is 0.154 e. The van der Waals surface area contributed by atoms with Crippen LogP contribution in [0.3, 0.4) is 0 Å². The molecule has 0 saturated heterocycles. The highest BCUT2D eigenvalue weighted by Gasteiger charge is 2.08. The van der Waals surface area contributed by atoms with E-state index in [-0.39, 0.29) is 0 Å². The molecule has 2 aromatic heterocycles. The molecule has 0 radical (unpaired) electrons. The Kier molecular flexibility index (Phi) is 2.58. The molecule has 0 aliphatic carbocycles. The van der Waals surface area contributed by atoms with Crippen LogP contribution in [-0.4, -0.2) is 20.6 Å². The molecule has 2 aromatic rings. The zero-order valence-corrected chi connectivity index (χ0v) is 9.36. The van der Waals surface area contributed by atoms with E-state index < -0.39 is 0 Å². The summed E-state index contributed by atoms with van der Waals surface area (Å²) < 4.78 is 2.00. The third kappa shape index (κ3) is 1.79. The van der Waals surface area contributed by atoms with E-state index in [1.165, 1.54) is 0 Å². The number of aromatic nitrogens is 3. The van der Waals surface area contributed by atoms with E-state index in [2.05, 4.69) is 29.1 Å². The number of rotatable bonds is 3. The normalized spacial score (nSPS) is 13.0. The average molecular weight is 204 g/mol. The van der Waals surface area contributed by atoms with Crippen LogP contribution < -0.4 is 5.32 Å². The minimum absolute atomic E-state index is 0.421. The number of hydrogen-bond donors (Lipinski definition) is 1. The van der Waals surface area contributed by atoms with Gasteiger partial charge in [-0.2, -0.15) is 0 Å². The zero-order valence-electron chi connectivity index (χ0n) is 9.36. The molecular formula is C11H16N4. The molecule has 0 amide bonds. The van der Waals surface area contributed by atoms with Crippen molar-refractivity contribution in [2.24, 2.45) is 7.05 Å². The van der Waals surface area contributed by atoms with Crippen LogP contribution in [0.1, 0.15) is 20.3 Å². The Morgan fingerprint density at radius 1 is 1.47 bits per heavy atom. The predicted molar refractivity (Wildman–Crippen MR) is 61.9 cm³/mol. The van der Waals surface area contributed by atoms with Crippen molar-refractivity contribution >= 4 is 16.9 Å². The zero-order chi connectivity index (χ0) is 10.8. The van der Waals surface area contributed by atoms with Crippen molar-refractivity contribution in [2.75, 3.05) is 5.32 Å². The first-order chi connectivity index (χ1) is 7.22. The summed E-state index contributed by atoms with van der Waals surface area (Å²) in [6, 6.07) is 2.40. The first-order valence-electron chi connectivity index (χ1n) is 5.25. The second-order valence-electron chi connectivity index (χ2n) is 3.84. The number of aryl methyl sites for hydroxylation is 1. The highest BCUT2D eigenvalue weighted by Crippen LogP contribution is 2.19. The van der Waals surface area contributed by atoms with Crippen LogP contribution in [0.25, 0.3) is 11.0 Å². The standard InChI is InChI=1S/C11H16N4/c1-4-8(2)14-11-10-9(5-6-12-11)15(3)7-13-10/h5-8H,4H2,1-3H3,(H,12,14). The van der Waals surface area contributed by atoms with Crippen LogP contribution in [0.5, 0.6) is 0 Å². The minimum Gasteiger partial charge on any atom is -0.366 e. The van der Waals surface area contributed by atoms with E-state index in [0.717, 1.165) is 23.3 Å². The molecule has 1 N–H and O–H groups in total. The van der Waals surface area contributed by atoms with Crippen molar-refractivity contribution in [3.8, 4) is 0 Å². The van der Waals surface area contributed by atoms with Crippen LogP contribution in [0.2, 0.25) is 0 Å². The lowest BCUT2D eigenvalue weighted by molar-refractivity contribution is 0.760. The van der Waals surface area contributed by atoms with E-state index in [0.29, 0.717) is 6.04 Å². The Bertz CT molecular complexity index is 461. The topological polar surface area (TPSA) is 42.7 Å². The van der Waals surface area contributed by atoms with Gasteiger partial charge in [-0.1, -0.05) is 6.92 Å². The van der Waals surface area contributed by atoms with Crippen molar-refractivity contribution in [2.45, 2.75) is 26.3 Å². The largest absolute Gasteiger partial charge is 0.366 e. The monoisotopic (exact) mass is 204 g/mol. The van der Waals surface area contributed by atoms with E-state index in [4.69, 9.17) is 0 Å². The maximum absolute atomic E-state index is 4.34. The molecule has 0 saturated carbocycles. The Hall–Kier alpha value is -1.58. The molecule has 15 heavy (non-hydrogen) atoms. The minimum atomic E-state index is 0.421. The summed E-state index contributed by atoms with van der Waals surface area (Å²) in [7, 11) is 1.99. The van der Waals surface area contributed by atoms with E-state index in [1.807, 2.05) is 30.2 Å². The molecule has 0 aliphatic rings. The summed E-state index contributed by atoms with van der Waals surface area (Å²) in [5.41, 5.74) is 2.05. The van der Waals surface area contributed by atoms with Crippen molar-refractivity contribution in [3.05, 3.63) is 18.6 Å². The van der Waals surface area contributed by atoms with Gasteiger partial charge in [0.05, 0.1) is 11.8 Å². The van der Waals surface area contributed by atoms with Gasteiger partial charge in [0, 0.05) is 19.3 Å². The van der Waals surface area contributed by atoms with E-state index in [9.17, 15) is 0 Å². The molecule has 4 heteroatoms. The van der Waals surface area contributed by atoms with Crippen molar-refractivity contribution in [1.29, 1.82) is 0 Å². The smallest absolute Gasteiger partial charge is 0.154 e. The molecule has 0 spiro atoms. The summed E-state index contributed by atoms with van der Waals surface area (Å²) in [5, 5.41) is 3.36. The third-order valence-corrected chi connectivity index (χ3v) is 2.64. The molecule has 2 rings (SSSR count). The summed E-state index contributed by atoms with van der Waals surface area (Å²) >= 11 is 0. The van der Waals surface area contributed by atoms with Gasteiger partial charge in [-0.3, -0.25) is 0 Å². The fourth-order valence-corrected chi connectivity index (χ4v) is 1.50. The molecule has 0 aromatic carbocycles. The van der Waals surface area contributed by atoms with Crippen LogP contribution >= 0.6 is 0 Å². The number of nitrogens with one attached hydrogen (secondary N) is 1. The maximum atomic E-state index is 4.34. The number of pyridine rings is 1. The van der Waals surface area contributed by atoms with Crippen molar-refractivity contribution in [1.82, 2.24) is 14.5 Å². The molecule has 4 nitrogen and oxygen atoms in total. The molecule has 0 fully saturated rings. The van der Waals surface area contributed by atoms with Crippen LogP contribution in [0.4, 0.5) is 5.82 Å². The van der Waals surface area contributed by atoms with Gasteiger partial charge in [0.2, 0.25) is 0 Å². The number of hydrogen-bond acceptors (Lipinski definition) is 3. The molecule has 2 heterocycles. The fraction of sp³-hybridized carbons (Fsp3) is 0.455. The van der Waals surface area contributed by atoms with Gasteiger partial charge < -0.3 is 9.88 Å². The van der Waals surface area contributed by atoms with Crippen LogP contribution in [-0.2, 0) is 7.05 Å². The molecule has 1 atom stereocenters. The third-order valence-electron chi connectivity index (χ3n) is 2.64. The molecule has 80 valence electrons. The highest BCUT2D eigenvalue weighted by atomic mass is 15.1. The second-order valence-corrected chi connectivity index (χ2v) is 3.84. The fourth-order valence-electron chi connectivity index (χ4n) is 1.50. The quantitative estimate of drug-likeness (QED) is 0.833. The Balaban J connectivity index is 2.43. The van der Waals surface area contributed by atoms with Gasteiger partial charge in [0.1, 0.15) is 5.52 Å². The van der Waals surface area contributed by atoms with Crippen LogP contribution in [0.15, 0.2) is 18.6 Å². The lowest BCUT2D eigenvalue weighted by Crippen LogP contribution is -2.14. The molecular weight excluding hydrogens is 188 g/mol. The van der Waals surface area contributed by atoms with Gasteiger partial charge in [0.15, 0.2) is 5.82 Å². The highest BCUT2D eigenvalue weighted by molar-refractivity contribution is 5.85. The lowest BCUT2D eigenvalue weighted by atomic mass is 10.2. The summed E-state index contributed by atoms with van der Waals surface area (Å²) in [5.74, 6) is 0.877. The number of anilines is 1. The lowest BCUT2D eigenvalue weighted by Gasteiger charge is -2.11. The Labute approximate surface area is 89.3 Å². The van der Waals surface area contributed by atoms with Gasteiger partial charge in [-0.25, -0.2) is 9.97 Å². The summed E-state index contributed by atoms with van der Waals surface area (Å²) in [4.78, 5) is 8.66. The molecule has 1 unspecified atom stereocenters. The van der Waals surface area contributed by atoms with Crippen molar-refractivity contribution in [3.63, 3.8) is 0 Å². The Morgan fingerprint density at radius 2 is 2.27 bits per heavy atom. The van der Waals surface area contributed by atoms with Gasteiger partial charge in [-0.05, 0) is 19.4 Å². The van der Waals surface area contributed by atoms with Crippen LogP contribution in [0, 0.1) is 0 Å². The van der Waals surface area contributed by atoms with E-state index >= 15 is 0 Å². The number of nitrogens with zero attached hydrogens (tertiary/aromatic N) is 3. The van der Waals surface area contributed by atoms with Gasteiger partial charge in [-0.15, -0.1) is 0 Å². The summed E-state index contributed by atoms with van der Waals surface area (Å²) in [6.07, 6.45) is 4.70. The second kappa shape index (κ2) is 3.88. The van der Waals surface area contributed by atoms with E-state index in [1.54, 1.807) is 0 Å². The van der Waals surface area contributed by atoms with Gasteiger partial charge >= 0.3 is 0 Å². The first kappa shape index (κ1) is 9.96. The molecule has 0 bridgehead atoms. The van der Waals surface area contributed by atoms with Crippen molar-refractivity contribution < 1.29 is 0 Å². The average Bonchev–Trinajstić information content (AvgIpc) is 2.62. The Morgan fingerprint density at radius 3 is 3.00 bits per heavy atom. The van der Waals surface area contributed by atoms with Gasteiger partial charge in [0.25, 0.3) is 0 Å². The summed E-state index contributed by atoms with van der Waals surface area (Å²) in [6.45, 7) is 4.29. The number of imidazole rings is 1. The molecule has 0 aliphatic heterocycles. The first-order valence-corrected chi connectivity index (χ1v) is 5.25. The SMILES string of the molecule is CCC(C)Nc1nccc2c1ncn2C. The predicted octanol–water partition coefficient (Wildman–Crippen LogP) is 2.18.